The molecule has 2 aromatic carbocycles. The van der Waals surface area contributed by atoms with Crippen LogP contribution in [-0.4, -0.2) is 43.7 Å². The Morgan fingerprint density at radius 1 is 1.03 bits per heavy atom. The molecule has 31 heavy (non-hydrogen) atoms. The quantitative estimate of drug-likeness (QED) is 0.410. The summed E-state index contributed by atoms with van der Waals surface area (Å²) < 4.78 is 38.5. The highest BCUT2D eigenvalue weighted by molar-refractivity contribution is 7.89. The summed E-state index contributed by atoms with van der Waals surface area (Å²) in [5.74, 6) is 1.25. The summed E-state index contributed by atoms with van der Waals surface area (Å²) in [5, 5.41) is 15.4. The number of hydrogen-bond acceptors (Lipinski definition) is 8. The molecular formula is C20H22N4O6S. The first-order valence-corrected chi connectivity index (χ1v) is 11.4. The molecule has 1 fully saturated rings. The lowest BCUT2D eigenvalue weighted by Crippen LogP contribution is -2.32. The van der Waals surface area contributed by atoms with Gasteiger partial charge in [-0.2, -0.15) is 9.41 Å². The van der Waals surface area contributed by atoms with Crippen LogP contribution in [0.15, 0.2) is 46.4 Å². The number of nitro benzene ring substituents is 1. The first-order chi connectivity index (χ1) is 14.9. The molecule has 4 rings (SSSR count). The minimum absolute atomic E-state index is 0.161. The molecule has 0 radical (unpaired) electrons. The van der Waals surface area contributed by atoms with E-state index in [1.54, 1.807) is 18.2 Å². The van der Waals surface area contributed by atoms with E-state index in [9.17, 15) is 18.5 Å². The lowest BCUT2D eigenvalue weighted by molar-refractivity contribution is -0.385. The smallest absolute Gasteiger partial charge is 0.270 e. The predicted octanol–water partition coefficient (Wildman–Crippen LogP) is 3.33. The summed E-state index contributed by atoms with van der Waals surface area (Å²) in [4.78, 5) is 10.5. The van der Waals surface area contributed by atoms with Crippen molar-refractivity contribution in [2.24, 2.45) is 5.10 Å². The third-order valence-electron chi connectivity index (χ3n) is 5.15. The zero-order chi connectivity index (χ0) is 21.8. The molecule has 1 N–H and O–H groups in total. The highest BCUT2D eigenvalue weighted by Crippen LogP contribution is 2.32. The van der Waals surface area contributed by atoms with Gasteiger partial charge in [0, 0.05) is 25.2 Å². The number of non-ortho nitro benzene ring substituents is 1. The molecule has 2 aliphatic rings. The molecule has 0 aliphatic carbocycles. The zero-order valence-corrected chi connectivity index (χ0v) is 17.5. The maximum Gasteiger partial charge on any atom is 0.270 e. The number of ether oxygens (including phenoxy) is 2. The first-order valence-electron chi connectivity index (χ1n) is 9.92. The lowest BCUT2D eigenvalue weighted by Gasteiger charge is -2.21. The number of sulfonamides is 1. The predicted molar refractivity (Wildman–Crippen MR) is 114 cm³/mol. The van der Waals surface area contributed by atoms with Crippen LogP contribution in [-0.2, 0) is 10.0 Å². The molecule has 0 spiro atoms. The van der Waals surface area contributed by atoms with Crippen molar-refractivity contribution in [2.75, 3.05) is 25.3 Å². The Bertz CT molecular complexity index is 1110. The van der Waals surface area contributed by atoms with E-state index in [0.717, 1.165) is 37.3 Å². The molecule has 0 atom stereocenters. The minimum Gasteiger partial charge on any atom is -0.454 e. The van der Waals surface area contributed by atoms with Gasteiger partial charge in [0.15, 0.2) is 11.5 Å². The number of nitrogens with one attached hydrogen (secondary N) is 1. The average molecular weight is 446 g/mol. The molecule has 2 aromatic rings. The molecule has 0 saturated carbocycles. The Hall–Kier alpha value is -3.18. The number of fused-ring (bicyclic) bond motifs is 1. The van der Waals surface area contributed by atoms with Crippen LogP contribution in [0.1, 0.15) is 31.2 Å². The Kier molecular flexibility index (Phi) is 6.05. The highest BCUT2D eigenvalue weighted by atomic mass is 32.2. The van der Waals surface area contributed by atoms with E-state index in [0.29, 0.717) is 24.6 Å². The van der Waals surface area contributed by atoms with Crippen molar-refractivity contribution in [3.8, 4) is 11.5 Å². The molecule has 164 valence electrons. The van der Waals surface area contributed by atoms with Crippen molar-refractivity contribution in [1.82, 2.24) is 4.31 Å². The highest BCUT2D eigenvalue weighted by Gasteiger charge is 2.29. The van der Waals surface area contributed by atoms with Gasteiger partial charge < -0.3 is 9.47 Å². The molecule has 2 aliphatic heterocycles. The van der Waals surface area contributed by atoms with E-state index in [1.807, 2.05) is 0 Å². The summed E-state index contributed by atoms with van der Waals surface area (Å²) in [6.45, 7) is 0.949. The van der Waals surface area contributed by atoms with Crippen LogP contribution in [0.5, 0.6) is 11.5 Å². The Labute approximate surface area is 179 Å². The van der Waals surface area contributed by atoms with Gasteiger partial charge in [-0.15, -0.1) is 0 Å². The summed E-state index contributed by atoms with van der Waals surface area (Å²) in [6.07, 6.45) is 4.96. The largest absolute Gasteiger partial charge is 0.454 e. The number of benzene rings is 2. The monoisotopic (exact) mass is 446 g/mol. The van der Waals surface area contributed by atoms with Gasteiger partial charge in [-0.3, -0.25) is 15.5 Å². The second-order valence-corrected chi connectivity index (χ2v) is 9.14. The Morgan fingerprint density at radius 3 is 2.52 bits per heavy atom. The van der Waals surface area contributed by atoms with Crippen LogP contribution in [0.3, 0.4) is 0 Å². The van der Waals surface area contributed by atoms with Crippen molar-refractivity contribution >= 4 is 27.6 Å². The van der Waals surface area contributed by atoms with Crippen LogP contribution in [0.25, 0.3) is 0 Å². The average Bonchev–Trinajstić information content (AvgIpc) is 3.04. The third-order valence-corrected chi connectivity index (χ3v) is 7.09. The maximum atomic E-state index is 13.3. The number of anilines is 1. The van der Waals surface area contributed by atoms with E-state index in [4.69, 9.17) is 9.47 Å². The van der Waals surface area contributed by atoms with E-state index in [1.165, 1.54) is 22.7 Å². The third kappa shape index (κ3) is 4.62. The van der Waals surface area contributed by atoms with Crippen LogP contribution in [0.2, 0.25) is 0 Å². The molecule has 2 heterocycles. The number of rotatable bonds is 6. The second-order valence-electron chi connectivity index (χ2n) is 7.24. The molecule has 10 nitrogen and oxygen atoms in total. The Balaban J connectivity index is 1.61. The maximum absolute atomic E-state index is 13.3. The van der Waals surface area contributed by atoms with Crippen LogP contribution >= 0.6 is 0 Å². The summed E-state index contributed by atoms with van der Waals surface area (Å²) in [6, 6.07) is 8.98. The molecule has 0 unspecified atom stereocenters. The summed E-state index contributed by atoms with van der Waals surface area (Å²) in [7, 11) is -3.92. The second kappa shape index (κ2) is 8.90. The van der Waals surface area contributed by atoms with Crippen molar-refractivity contribution in [1.29, 1.82) is 0 Å². The van der Waals surface area contributed by atoms with Crippen molar-refractivity contribution in [3.63, 3.8) is 0 Å². The van der Waals surface area contributed by atoms with E-state index >= 15 is 0 Å². The van der Waals surface area contributed by atoms with Gasteiger partial charge in [-0.1, -0.05) is 12.8 Å². The molecule has 11 heteroatoms. The van der Waals surface area contributed by atoms with E-state index < -0.39 is 14.9 Å². The van der Waals surface area contributed by atoms with E-state index in [2.05, 4.69) is 10.5 Å². The number of nitro groups is 1. The molecule has 0 bridgehead atoms. The van der Waals surface area contributed by atoms with Crippen LogP contribution < -0.4 is 14.9 Å². The fourth-order valence-electron chi connectivity index (χ4n) is 3.52. The summed E-state index contributed by atoms with van der Waals surface area (Å²) in [5.41, 5.74) is 3.32. The van der Waals surface area contributed by atoms with Gasteiger partial charge in [0.1, 0.15) is 4.90 Å². The minimum atomic E-state index is -3.92. The zero-order valence-electron chi connectivity index (χ0n) is 16.7. The van der Waals surface area contributed by atoms with Gasteiger partial charge in [0.2, 0.25) is 16.8 Å². The standard InChI is InChI=1S/C20H22N4O6S/c25-24(26)16-6-7-17(20(12-16)31(27,28)23-9-3-1-2-4-10-23)22-21-13-15-5-8-18-19(11-15)30-14-29-18/h5-8,11-13,22H,1-4,9-10,14H2/b21-13+. The number of hydrazone groups is 1. The number of hydrogen-bond donors (Lipinski definition) is 1. The fourth-order valence-corrected chi connectivity index (χ4v) is 5.20. The first kappa shape index (κ1) is 21.1. The van der Waals surface area contributed by atoms with Crippen molar-refractivity contribution in [2.45, 2.75) is 30.6 Å². The molecule has 0 aromatic heterocycles. The van der Waals surface area contributed by atoms with Gasteiger partial charge in [-0.25, -0.2) is 8.42 Å². The van der Waals surface area contributed by atoms with Crippen molar-refractivity contribution < 1.29 is 22.8 Å². The van der Waals surface area contributed by atoms with Crippen LogP contribution in [0.4, 0.5) is 11.4 Å². The molecular weight excluding hydrogens is 424 g/mol. The van der Waals surface area contributed by atoms with Gasteiger partial charge in [0.25, 0.3) is 5.69 Å². The van der Waals surface area contributed by atoms with Gasteiger partial charge in [-0.05, 0) is 42.7 Å². The normalized spacial score (nSPS) is 16.9. The fraction of sp³-hybridized carbons (Fsp3) is 0.350. The number of nitrogens with zero attached hydrogens (tertiary/aromatic N) is 3. The molecule has 1 saturated heterocycles. The SMILES string of the molecule is O=[N+]([O-])c1ccc(N/N=C/c2ccc3c(c2)OCO3)c(S(=O)(=O)N2CCCCCC2)c1. The Morgan fingerprint density at radius 2 is 1.77 bits per heavy atom. The lowest BCUT2D eigenvalue weighted by atomic mass is 10.2. The summed E-state index contributed by atoms with van der Waals surface area (Å²) >= 11 is 0. The van der Waals surface area contributed by atoms with Gasteiger partial charge in [0.05, 0.1) is 16.8 Å². The van der Waals surface area contributed by atoms with Crippen molar-refractivity contribution in [3.05, 3.63) is 52.1 Å². The topological polar surface area (TPSA) is 123 Å². The van der Waals surface area contributed by atoms with E-state index in [-0.39, 0.29) is 23.1 Å². The van der Waals surface area contributed by atoms with Crippen LogP contribution in [0, 0.1) is 10.1 Å². The van der Waals surface area contributed by atoms with Gasteiger partial charge >= 0.3 is 0 Å². The molecule has 0 amide bonds.